The quantitative estimate of drug-likeness (QED) is 0.735. The van der Waals surface area contributed by atoms with Crippen molar-refractivity contribution in [1.82, 2.24) is 20.8 Å². The van der Waals surface area contributed by atoms with E-state index in [0.29, 0.717) is 23.0 Å². The summed E-state index contributed by atoms with van der Waals surface area (Å²) >= 11 is 1.27. The van der Waals surface area contributed by atoms with Crippen molar-refractivity contribution < 1.29 is 19.2 Å². The van der Waals surface area contributed by atoms with E-state index in [1.807, 2.05) is 0 Å². The van der Waals surface area contributed by atoms with Crippen molar-refractivity contribution in [1.29, 1.82) is 0 Å². The van der Waals surface area contributed by atoms with Gasteiger partial charge in [0.25, 0.3) is 0 Å². The number of hydrogen-bond acceptors (Lipinski definition) is 6. The topological polar surface area (TPSA) is 117 Å². The van der Waals surface area contributed by atoms with Crippen molar-refractivity contribution in [2.75, 3.05) is 6.54 Å². The zero-order valence-corrected chi connectivity index (χ0v) is 12.0. The predicted molar refractivity (Wildman–Crippen MR) is 74.0 cm³/mol. The van der Waals surface area contributed by atoms with Crippen LogP contribution in [-0.2, 0) is 11.2 Å². The molecule has 1 atom stereocenters. The van der Waals surface area contributed by atoms with Crippen LogP contribution in [-0.4, -0.2) is 33.8 Å². The van der Waals surface area contributed by atoms with Crippen LogP contribution in [0.25, 0.3) is 0 Å². The Bertz CT molecular complexity index is 611. The minimum absolute atomic E-state index is 0.268. The van der Waals surface area contributed by atoms with Crippen molar-refractivity contribution in [3.8, 4) is 0 Å². The van der Waals surface area contributed by atoms with Gasteiger partial charge in [-0.3, -0.25) is 0 Å². The molecule has 0 spiro atoms. The summed E-state index contributed by atoms with van der Waals surface area (Å²) in [5, 5.41) is 19.5. The summed E-state index contributed by atoms with van der Waals surface area (Å²) in [5.41, 5.74) is 0. The van der Waals surface area contributed by atoms with Crippen molar-refractivity contribution >= 4 is 23.3 Å². The first kappa shape index (κ1) is 15.0. The monoisotopic (exact) mass is 310 g/mol. The zero-order valence-electron chi connectivity index (χ0n) is 11.2. The van der Waals surface area contributed by atoms with E-state index in [4.69, 9.17) is 9.63 Å². The summed E-state index contributed by atoms with van der Waals surface area (Å²) in [6.07, 6.45) is 0.380. The summed E-state index contributed by atoms with van der Waals surface area (Å²) in [7, 11) is 0. The number of carbonyl (C=O) groups excluding carboxylic acids is 1. The number of carboxylic acid groups (broad SMARTS) is 1. The molecule has 0 saturated heterocycles. The molecule has 8 nitrogen and oxygen atoms in total. The second kappa shape index (κ2) is 6.84. The Morgan fingerprint density at radius 3 is 2.90 bits per heavy atom. The van der Waals surface area contributed by atoms with E-state index in [1.165, 1.54) is 11.3 Å². The first-order valence-electron chi connectivity index (χ1n) is 6.16. The molecule has 2 aromatic heterocycles. The van der Waals surface area contributed by atoms with Crippen LogP contribution in [0.2, 0.25) is 0 Å². The highest BCUT2D eigenvalue weighted by molar-refractivity contribution is 7.10. The Morgan fingerprint density at radius 2 is 2.33 bits per heavy atom. The molecule has 2 amide bonds. The van der Waals surface area contributed by atoms with Gasteiger partial charge in [-0.25, -0.2) is 9.59 Å². The van der Waals surface area contributed by atoms with Crippen LogP contribution in [0, 0.1) is 6.92 Å². The van der Waals surface area contributed by atoms with Gasteiger partial charge in [0.2, 0.25) is 5.89 Å². The summed E-state index contributed by atoms with van der Waals surface area (Å²) in [4.78, 5) is 27.4. The molecule has 0 fully saturated rings. The number of hydrogen-bond donors (Lipinski definition) is 3. The van der Waals surface area contributed by atoms with Gasteiger partial charge in [0.15, 0.2) is 11.9 Å². The van der Waals surface area contributed by atoms with Gasteiger partial charge >= 0.3 is 12.0 Å². The first-order chi connectivity index (χ1) is 10.1. The van der Waals surface area contributed by atoms with Gasteiger partial charge in [0, 0.05) is 17.8 Å². The number of aliphatic carboxylic acids is 1. The number of nitrogens with zero attached hydrogens (tertiary/aromatic N) is 2. The van der Waals surface area contributed by atoms with Gasteiger partial charge in [-0.15, -0.1) is 11.3 Å². The number of nitrogens with one attached hydrogen (secondary N) is 2. The Morgan fingerprint density at radius 1 is 1.52 bits per heavy atom. The van der Waals surface area contributed by atoms with E-state index in [9.17, 15) is 9.59 Å². The lowest BCUT2D eigenvalue weighted by Crippen LogP contribution is -2.41. The summed E-state index contributed by atoms with van der Waals surface area (Å²) in [6.45, 7) is 1.97. The molecule has 2 heterocycles. The number of thiophene rings is 1. The summed E-state index contributed by atoms with van der Waals surface area (Å²) < 4.78 is 4.90. The lowest BCUT2D eigenvalue weighted by Gasteiger charge is -2.13. The van der Waals surface area contributed by atoms with Crippen LogP contribution < -0.4 is 10.6 Å². The minimum atomic E-state index is -1.11. The second-order valence-corrected chi connectivity index (χ2v) is 5.15. The van der Waals surface area contributed by atoms with Gasteiger partial charge in [-0.2, -0.15) is 4.98 Å². The van der Waals surface area contributed by atoms with Gasteiger partial charge in [-0.1, -0.05) is 11.2 Å². The highest BCUT2D eigenvalue weighted by atomic mass is 32.1. The van der Waals surface area contributed by atoms with E-state index in [2.05, 4.69) is 20.8 Å². The normalized spacial score (nSPS) is 11.9. The van der Waals surface area contributed by atoms with E-state index in [-0.39, 0.29) is 6.54 Å². The zero-order chi connectivity index (χ0) is 15.2. The van der Waals surface area contributed by atoms with Gasteiger partial charge < -0.3 is 20.3 Å². The highest BCUT2D eigenvalue weighted by Gasteiger charge is 2.22. The molecule has 0 radical (unpaired) electrons. The molecular formula is C12H14N4O4S. The Labute approximate surface area is 124 Å². The fourth-order valence-electron chi connectivity index (χ4n) is 1.62. The van der Waals surface area contributed by atoms with Crippen molar-refractivity contribution in [2.45, 2.75) is 19.4 Å². The number of carbonyl (C=O) groups is 2. The molecule has 21 heavy (non-hydrogen) atoms. The molecule has 0 aliphatic rings. The van der Waals surface area contributed by atoms with Crippen LogP contribution in [0.15, 0.2) is 22.0 Å². The molecule has 2 rings (SSSR count). The van der Waals surface area contributed by atoms with E-state index in [0.717, 1.165) is 0 Å². The molecule has 112 valence electrons. The molecule has 9 heteroatoms. The predicted octanol–water partition coefficient (Wildman–Crippen LogP) is 1.11. The summed E-state index contributed by atoms with van der Waals surface area (Å²) in [5.74, 6) is -0.168. The van der Waals surface area contributed by atoms with E-state index < -0.39 is 18.0 Å². The summed E-state index contributed by atoms with van der Waals surface area (Å²) in [6, 6.07) is 1.76. The number of amides is 2. The number of rotatable bonds is 6. The Balaban J connectivity index is 1.81. The highest BCUT2D eigenvalue weighted by Crippen LogP contribution is 2.18. The maximum absolute atomic E-state index is 11.7. The molecule has 0 aliphatic heterocycles. The lowest BCUT2D eigenvalue weighted by molar-refractivity contribution is -0.139. The van der Waals surface area contributed by atoms with Crippen molar-refractivity contribution in [3.63, 3.8) is 0 Å². The third-order valence-corrected chi connectivity index (χ3v) is 3.48. The standard InChI is InChI=1S/C12H14N4O4S/c1-7-14-9(20-16-7)4-5-13-12(19)15-10(11(17)18)8-3-2-6-21-8/h2-3,6,10H,4-5H2,1H3,(H,17,18)(H2,13,15,19). The largest absolute Gasteiger partial charge is 0.479 e. The SMILES string of the molecule is Cc1noc(CCNC(=O)NC(C(=O)O)c2cccs2)n1. The van der Waals surface area contributed by atoms with Crippen LogP contribution in [0.3, 0.4) is 0 Å². The number of carboxylic acids is 1. The molecular weight excluding hydrogens is 296 g/mol. The van der Waals surface area contributed by atoms with E-state index >= 15 is 0 Å². The number of aromatic nitrogens is 2. The fourth-order valence-corrected chi connectivity index (χ4v) is 2.38. The molecule has 0 aromatic carbocycles. The second-order valence-electron chi connectivity index (χ2n) is 4.17. The van der Waals surface area contributed by atoms with E-state index in [1.54, 1.807) is 24.4 Å². The van der Waals surface area contributed by atoms with Crippen molar-refractivity contribution in [2.24, 2.45) is 0 Å². The molecule has 2 aromatic rings. The maximum Gasteiger partial charge on any atom is 0.331 e. The Hall–Kier alpha value is -2.42. The van der Waals surface area contributed by atoms with Crippen LogP contribution >= 0.6 is 11.3 Å². The molecule has 1 unspecified atom stereocenters. The molecule has 0 bridgehead atoms. The van der Waals surface area contributed by atoms with Crippen molar-refractivity contribution in [3.05, 3.63) is 34.1 Å². The molecule has 0 aliphatic carbocycles. The molecule has 0 saturated carbocycles. The maximum atomic E-state index is 11.7. The smallest absolute Gasteiger partial charge is 0.331 e. The minimum Gasteiger partial charge on any atom is -0.479 e. The third-order valence-electron chi connectivity index (χ3n) is 2.54. The lowest BCUT2D eigenvalue weighted by atomic mass is 10.2. The van der Waals surface area contributed by atoms with Crippen LogP contribution in [0.4, 0.5) is 4.79 Å². The average Bonchev–Trinajstić information content (AvgIpc) is 3.07. The van der Waals surface area contributed by atoms with Crippen LogP contribution in [0.5, 0.6) is 0 Å². The van der Waals surface area contributed by atoms with Gasteiger partial charge in [-0.05, 0) is 18.4 Å². The Kier molecular flexibility index (Phi) is 4.88. The third kappa shape index (κ3) is 4.28. The number of aryl methyl sites for hydroxylation is 1. The van der Waals surface area contributed by atoms with Gasteiger partial charge in [0.1, 0.15) is 0 Å². The molecule has 3 N–H and O–H groups in total. The fraction of sp³-hybridized carbons (Fsp3) is 0.333. The van der Waals surface area contributed by atoms with Gasteiger partial charge in [0.05, 0.1) is 0 Å². The average molecular weight is 310 g/mol. The van der Waals surface area contributed by atoms with Crippen LogP contribution in [0.1, 0.15) is 22.6 Å². The first-order valence-corrected chi connectivity index (χ1v) is 7.04. The number of urea groups is 1.